The Balaban J connectivity index is 1.74. The number of carbonyl (C=O) groups excluding carboxylic acids is 3. The number of rotatable bonds is 8. The van der Waals surface area contributed by atoms with Gasteiger partial charge in [-0.15, -0.1) is 0 Å². The molecular weight excluding hydrogens is 286 g/mol. The molecule has 0 aromatic heterocycles. The van der Waals surface area contributed by atoms with E-state index in [1.54, 1.807) is 24.3 Å². The predicted octanol–water partition coefficient (Wildman–Crippen LogP) is 1.64. The number of benzene rings is 1. The molecule has 2 amide bonds. The van der Waals surface area contributed by atoms with Crippen molar-refractivity contribution in [2.75, 3.05) is 26.4 Å². The highest BCUT2D eigenvalue weighted by molar-refractivity contribution is 6.21. The van der Waals surface area contributed by atoms with Gasteiger partial charge in [0.2, 0.25) is 0 Å². The van der Waals surface area contributed by atoms with Gasteiger partial charge in [-0.05, 0) is 18.6 Å². The van der Waals surface area contributed by atoms with E-state index < -0.39 is 5.97 Å². The molecule has 0 N–H and O–H groups in total. The van der Waals surface area contributed by atoms with Crippen molar-refractivity contribution in [3.63, 3.8) is 0 Å². The Kier molecular flexibility index (Phi) is 5.66. The molecule has 6 nitrogen and oxygen atoms in total. The Morgan fingerprint density at radius 1 is 1.09 bits per heavy atom. The van der Waals surface area contributed by atoms with Crippen LogP contribution < -0.4 is 0 Å². The number of esters is 1. The van der Waals surface area contributed by atoms with Gasteiger partial charge in [-0.2, -0.15) is 0 Å². The van der Waals surface area contributed by atoms with Crippen LogP contribution >= 0.6 is 0 Å². The fraction of sp³-hybridized carbons (Fsp3) is 0.438. The number of hydrogen-bond acceptors (Lipinski definition) is 5. The molecule has 1 heterocycles. The molecule has 0 aliphatic carbocycles. The molecule has 1 aliphatic heterocycles. The number of hydrogen-bond donors (Lipinski definition) is 0. The maximum absolute atomic E-state index is 12.1. The second-order valence-corrected chi connectivity index (χ2v) is 4.93. The van der Waals surface area contributed by atoms with Crippen molar-refractivity contribution in [3.8, 4) is 0 Å². The molecule has 1 aromatic carbocycles. The number of imide groups is 1. The molecular formula is C16H19NO5. The smallest absolute Gasteiger partial charge is 0.332 e. The van der Waals surface area contributed by atoms with Crippen molar-refractivity contribution < 1.29 is 23.9 Å². The van der Waals surface area contributed by atoms with Crippen LogP contribution in [0.1, 0.15) is 40.5 Å². The average molecular weight is 305 g/mol. The van der Waals surface area contributed by atoms with E-state index >= 15 is 0 Å². The quantitative estimate of drug-likeness (QED) is 0.415. The predicted molar refractivity (Wildman–Crippen MR) is 78.5 cm³/mol. The van der Waals surface area contributed by atoms with Gasteiger partial charge in [0, 0.05) is 0 Å². The SMILES string of the molecule is CCCCOC(=O)COCCN1C(=O)c2ccccc2C1=O. The van der Waals surface area contributed by atoms with Gasteiger partial charge in [-0.1, -0.05) is 25.5 Å². The van der Waals surface area contributed by atoms with Crippen molar-refractivity contribution >= 4 is 17.8 Å². The van der Waals surface area contributed by atoms with Crippen LogP contribution in [0.3, 0.4) is 0 Å². The molecule has 0 saturated carbocycles. The third kappa shape index (κ3) is 3.71. The summed E-state index contributed by atoms with van der Waals surface area (Å²) in [5, 5.41) is 0. The highest BCUT2D eigenvalue weighted by Gasteiger charge is 2.34. The summed E-state index contributed by atoms with van der Waals surface area (Å²) in [7, 11) is 0. The third-order valence-electron chi connectivity index (χ3n) is 3.32. The summed E-state index contributed by atoms with van der Waals surface area (Å²) in [6.07, 6.45) is 1.77. The largest absolute Gasteiger partial charge is 0.464 e. The van der Waals surface area contributed by atoms with Gasteiger partial charge < -0.3 is 9.47 Å². The van der Waals surface area contributed by atoms with E-state index in [1.165, 1.54) is 0 Å². The first-order valence-corrected chi connectivity index (χ1v) is 7.33. The molecule has 0 bridgehead atoms. The zero-order valence-electron chi connectivity index (χ0n) is 12.5. The van der Waals surface area contributed by atoms with Gasteiger partial charge >= 0.3 is 5.97 Å². The fourth-order valence-corrected chi connectivity index (χ4v) is 2.13. The summed E-state index contributed by atoms with van der Waals surface area (Å²) in [5.41, 5.74) is 0.818. The second-order valence-electron chi connectivity index (χ2n) is 4.93. The van der Waals surface area contributed by atoms with Crippen molar-refractivity contribution in [2.45, 2.75) is 19.8 Å². The lowest BCUT2D eigenvalue weighted by atomic mass is 10.1. The topological polar surface area (TPSA) is 72.9 Å². The molecule has 6 heteroatoms. The minimum absolute atomic E-state index is 0.106. The number of nitrogens with zero attached hydrogens (tertiary/aromatic N) is 1. The van der Waals surface area contributed by atoms with Crippen LogP contribution in [0.15, 0.2) is 24.3 Å². The summed E-state index contributed by atoms with van der Waals surface area (Å²) in [6, 6.07) is 6.69. The average Bonchev–Trinajstić information content (AvgIpc) is 2.77. The van der Waals surface area contributed by atoms with Crippen molar-refractivity contribution in [2.24, 2.45) is 0 Å². The Hall–Kier alpha value is -2.21. The van der Waals surface area contributed by atoms with Crippen molar-refractivity contribution in [1.29, 1.82) is 0 Å². The van der Waals surface area contributed by atoms with Gasteiger partial charge in [0.15, 0.2) is 0 Å². The molecule has 0 atom stereocenters. The standard InChI is InChI=1S/C16H19NO5/c1-2-3-9-22-14(18)11-21-10-8-17-15(19)12-6-4-5-7-13(12)16(17)20/h4-7H,2-3,8-11H2,1H3. The molecule has 22 heavy (non-hydrogen) atoms. The van der Waals surface area contributed by atoms with Crippen LogP contribution in [0, 0.1) is 0 Å². The molecule has 1 aromatic rings. The van der Waals surface area contributed by atoms with Crippen LogP contribution in [0.5, 0.6) is 0 Å². The lowest BCUT2D eigenvalue weighted by molar-refractivity contribution is -0.149. The monoisotopic (exact) mass is 305 g/mol. The Labute approximate surface area is 129 Å². The van der Waals surface area contributed by atoms with E-state index in [-0.39, 0.29) is 31.6 Å². The van der Waals surface area contributed by atoms with Gasteiger partial charge in [0.25, 0.3) is 11.8 Å². The number of fused-ring (bicyclic) bond motifs is 1. The number of amides is 2. The molecule has 0 saturated heterocycles. The Bertz CT molecular complexity index is 534. The summed E-state index contributed by atoms with van der Waals surface area (Å²) >= 11 is 0. The summed E-state index contributed by atoms with van der Waals surface area (Å²) < 4.78 is 10.1. The first kappa shape index (κ1) is 16.2. The highest BCUT2D eigenvalue weighted by Crippen LogP contribution is 2.21. The van der Waals surface area contributed by atoms with E-state index in [2.05, 4.69) is 0 Å². The van der Waals surface area contributed by atoms with E-state index in [1.807, 2.05) is 6.92 Å². The maximum Gasteiger partial charge on any atom is 0.332 e. The maximum atomic E-state index is 12.1. The van der Waals surface area contributed by atoms with E-state index in [4.69, 9.17) is 9.47 Å². The van der Waals surface area contributed by atoms with E-state index in [0.29, 0.717) is 17.7 Å². The summed E-state index contributed by atoms with van der Waals surface area (Å²) in [6.45, 7) is 2.44. The minimum atomic E-state index is -0.434. The van der Waals surface area contributed by atoms with Crippen molar-refractivity contribution in [3.05, 3.63) is 35.4 Å². The second kappa shape index (κ2) is 7.70. The molecule has 0 spiro atoms. The van der Waals surface area contributed by atoms with Gasteiger partial charge in [-0.25, -0.2) is 4.79 Å². The summed E-state index contributed by atoms with van der Waals surface area (Å²) in [5.74, 6) is -1.08. The van der Waals surface area contributed by atoms with Crippen LogP contribution in [0.25, 0.3) is 0 Å². The molecule has 118 valence electrons. The third-order valence-corrected chi connectivity index (χ3v) is 3.32. The van der Waals surface area contributed by atoms with Gasteiger partial charge in [-0.3, -0.25) is 14.5 Å². The Morgan fingerprint density at radius 3 is 2.32 bits per heavy atom. The Morgan fingerprint density at radius 2 is 1.73 bits per heavy atom. The van der Waals surface area contributed by atoms with Crippen LogP contribution in [-0.2, 0) is 14.3 Å². The minimum Gasteiger partial charge on any atom is -0.464 e. The zero-order chi connectivity index (χ0) is 15.9. The highest BCUT2D eigenvalue weighted by atomic mass is 16.6. The first-order valence-electron chi connectivity index (χ1n) is 7.33. The zero-order valence-corrected chi connectivity index (χ0v) is 12.5. The van der Waals surface area contributed by atoms with Crippen LogP contribution in [0.4, 0.5) is 0 Å². The number of ether oxygens (including phenoxy) is 2. The van der Waals surface area contributed by atoms with Crippen LogP contribution in [-0.4, -0.2) is 49.0 Å². The van der Waals surface area contributed by atoms with Gasteiger partial charge in [0.05, 0.1) is 30.9 Å². The lowest BCUT2D eigenvalue weighted by Crippen LogP contribution is -2.33. The van der Waals surface area contributed by atoms with E-state index in [0.717, 1.165) is 17.7 Å². The van der Waals surface area contributed by atoms with Crippen molar-refractivity contribution in [1.82, 2.24) is 4.90 Å². The molecule has 0 radical (unpaired) electrons. The van der Waals surface area contributed by atoms with Gasteiger partial charge in [0.1, 0.15) is 6.61 Å². The normalized spacial score (nSPS) is 13.4. The fourth-order valence-electron chi connectivity index (χ4n) is 2.13. The number of carbonyl (C=O) groups is 3. The van der Waals surface area contributed by atoms with Crippen LogP contribution in [0.2, 0.25) is 0 Å². The molecule has 1 aliphatic rings. The molecule has 0 fully saturated rings. The molecule has 2 rings (SSSR count). The number of unbranched alkanes of at least 4 members (excludes halogenated alkanes) is 1. The van der Waals surface area contributed by atoms with E-state index in [9.17, 15) is 14.4 Å². The molecule has 0 unspecified atom stereocenters. The lowest BCUT2D eigenvalue weighted by Gasteiger charge is -2.13. The summed E-state index contributed by atoms with van der Waals surface area (Å²) in [4.78, 5) is 36.6. The first-order chi connectivity index (χ1) is 10.6.